The van der Waals surface area contributed by atoms with Crippen LogP contribution < -0.4 is 0 Å². The van der Waals surface area contributed by atoms with Gasteiger partial charge in [-0.1, -0.05) is 12.5 Å². The first-order valence-corrected chi connectivity index (χ1v) is 10.5. The number of ether oxygens (including phenoxy) is 1. The number of fused-ring (bicyclic) bond motifs is 5. The maximum Gasteiger partial charge on any atom is 0.338 e. The Balaban J connectivity index is 1.53. The Morgan fingerprint density at radius 2 is 2.00 bits per heavy atom. The van der Waals surface area contributed by atoms with E-state index in [9.17, 15) is 22.4 Å². The SMILES string of the molecule is [2H]C1=C2C([2H])([2H])C[C@@H]3[C@H](CC[C@@]4(C)[C@H]3CC([2H])([2H])[C@@]4([2H])OC(=O)c3ccc([N+](=O)[O-])cc3)[C@@]2([2H])CC([2H])([2H])C1=O. The highest BCUT2D eigenvalue weighted by Gasteiger charge is 2.57. The number of nitrogens with zero attached hydrogens (tertiary/aromatic N) is 1. The van der Waals surface area contributed by atoms with E-state index in [-0.39, 0.29) is 42.5 Å². The molecule has 0 spiro atoms. The molecule has 0 unspecified atom stereocenters. The predicted octanol–water partition coefficient (Wildman–Crippen LogP) is 5.26. The van der Waals surface area contributed by atoms with Crippen molar-refractivity contribution in [3.8, 4) is 0 Å². The number of hydrogen-bond donors (Lipinski definition) is 0. The predicted molar refractivity (Wildman–Crippen MR) is 114 cm³/mol. The molecule has 1 aromatic carbocycles. The van der Waals surface area contributed by atoms with Crippen LogP contribution in [-0.2, 0) is 9.53 Å². The van der Waals surface area contributed by atoms with Crippen LogP contribution in [0.1, 0.15) is 80.8 Å². The van der Waals surface area contributed by atoms with Crippen molar-refractivity contribution in [1.82, 2.24) is 0 Å². The van der Waals surface area contributed by atoms with Gasteiger partial charge in [-0.3, -0.25) is 14.9 Å². The zero-order valence-electron chi connectivity index (χ0n) is 26.1. The second-order valence-corrected chi connectivity index (χ2v) is 8.83. The highest BCUT2D eigenvalue weighted by molar-refractivity contribution is 5.91. The van der Waals surface area contributed by atoms with Gasteiger partial charge in [-0.05, 0) is 86.7 Å². The second-order valence-electron chi connectivity index (χ2n) is 8.83. The van der Waals surface area contributed by atoms with E-state index in [4.69, 9.17) is 14.3 Å². The van der Waals surface area contributed by atoms with E-state index < -0.39 is 83.4 Å². The van der Waals surface area contributed by atoms with Gasteiger partial charge in [0.2, 0.25) is 0 Å². The van der Waals surface area contributed by atoms with E-state index in [0.717, 1.165) is 24.3 Å². The lowest BCUT2D eigenvalue weighted by atomic mass is 9.52. The lowest BCUT2D eigenvalue weighted by Gasteiger charge is -2.53. The quantitative estimate of drug-likeness (QED) is 0.369. The van der Waals surface area contributed by atoms with Gasteiger partial charge in [0.05, 0.1) is 13.2 Å². The molecule has 4 aliphatic carbocycles. The summed E-state index contributed by atoms with van der Waals surface area (Å²) in [6, 6.07) is 3.72. The molecule has 1 aromatic rings. The molecule has 0 N–H and O–H groups in total. The Hall–Kier alpha value is -2.50. The number of nitro benzene ring substituents is 1. The second kappa shape index (κ2) is 7.57. The maximum atomic E-state index is 13.1. The number of carbonyl (C=O) groups is 2. The van der Waals surface area contributed by atoms with Gasteiger partial charge in [0, 0.05) is 33.5 Å². The Morgan fingerprint density at radius 1 is 1.23 bits per heavy atom. The number of non-ortho nitro benzene ring substituents is 1. The van der Waals surface area contributed by atoms with Crippen LogP contribution in [0.4, 0.5) is 5.69 Å². The normalized spacial score (nSPS) is 50.8. The molecule has 4 aliphatic rings. The lowest BCUT2D eigenvalue weighted by molar-refractivity contribution is -0.384. The van der Waals surface area contributed by atoms with Crippen molar-refractivity contribution in [2.75, 3.05) is 0 Å². The van der Waals surface area contributed by atoms with Crippen molar-refractivity contribution in [2.24, 2.45) is 29.1 Å². The molecule has 6 atom stereocenters. The fourth-order valence-electron chi connectivity index (χ4n) is 5.61. The Kier molecular flexibility index (Phi) is 3.06. The third-order valence-corrected chi connectivity index (χ3v) is 7.30. The Labute approximate surface area is 194 Å². The molecule has 5 rings (SSSR count). The molecule has 0 saturated heterocycles. The molecule has 6 heteroatoms. The van der Waals surface area contributed by atoms with Gasteiger partial charge in [-0.2, -0.15) is 0 Å². The van der Waals surface area contributed by atoms with Gasteiger partial charge in [0.1, 0.15) is 6.08 Å². The average molecular weight is 433 g/mol. The van der Waals surface area contributed by atoms with Gasteiger partial charge in [-0.25, -0.2) is 4.79 Å². The maximum absolute atomic E-state index is 13.1. The number of allylic oxidation sites excluding steroid dienone is 1. The third-order valence-electron chi connectivity index (χ3n) is 7.30. The summed E-state index contributed by atoms with van der Waals surface area (Å²) in [4.78, 5) is 35.9. The molecule has 164 valence electrons. The van der Waals surface area contributed by atoms with Crippen molar-refractivity contribution in [3.05, 3.63) is 51.6 Å². The minimum atomic E-state index is -2.52. The number of carbonyl (C=O) groups excluding carboxylic acids is 2. The first kappa shape index (κ1) is 12.5. The summed E-state index contributed by atoms with van der Waals surface area (Å²) in [6.45, 7) is 1.62. The molecule has 0 aromatic heterocycles. The number of esters is 1. The first-order chi connectivity index (χ1) is 18.2. The molecule has 0 aliphatic heterocycles. The standard InChI is InChI=1S/C25H29NO5/c1-25-13-12-20-19-9-7-18(27)14-16(19)4-8-21(20)22(25)10-11-23(25)31-24(28)15-2-5-17(6-3-15)26(29)30/h2-3,5-6,14,19-23H,4,7-13H2,1H3/t19-,20+,21+,22-,23+,25-/m0/s1/i4D2,7D2,11D2,14D,19D,23D. The van der Waals surface area contributed by atoms with Crippen LogP contribution >= 0.6 is 0 Å². The summed E-state index contributed by atoms with van der Waals surface area (Å²) in [6.07, 6.45) is -10.5. The zero-order chi connectivity index (χ0) is 29.8. The van der Waals surface area contributed by atoms with Crippen LogP contribution in [0, 0.1) is 39.2 Å². The summed E-state index contributed by atoms with van der Waals surface area (Å²) >= 11 is 0. The van der Waals surface area contributed by atoms with Crippen LogP contribution in [0.25, 0.3) is 0 Å². The molecule has 3 fully saturated rings. The average Bonchev–Trinajstić information content (AvgIpc) is 2.98. The summed E-state index contributed by atoms with van der Waals surface area (Å²) in [5.41, 5.74) is -1.99. The summed E-state index contributed by atoms with van der Waals surface area (Å²) in [5, 5.41) is 11.0. The van der Waals surface area contributed by atoms with E-state index in [2.05, 4.69) is 0 Å². The Morgan fingerprint density at radius 3 is 2.74 bits per heavy atom. The van der Waals surface area contributed by atoms with Crippen LogP contribution in [0.3, 0.4) is 0 Å². The van der Waals surface area contributed by atoms with E-state index in [1.165, 1.54) is 0 Å². The number of benzene rings is 1. The van der Waals surface area contributed by atoms with Gasteiger partial charge in [0.15, 0.2) is 5.78 Å². The number of nitro groups is 1. The number of hydrogen-bond acceptors (Lipinski definition) is 5. The summed E-state index contributed by atoms with van der Waals surface area (Å²) in [7, 11) is 0. The van der Waals surface area contributed by atoms with E-state index in [0.29, 0.717) is 0 Å². The van der Waals surface area contributed by atoms with Crippen LogP contribution in [0.15, 0.2) is 35.9 Å². The smallest absolute Gasteiger partial charge is 0.338 e. The molecule has 0 heterocycles. The third kappa shape index (κ3) is 3.40. The van der Waals surface area contributed by atoms with Crippen molar-refractivity contribution < 1.29 is 31.6 Å². The highest BCUT2D eigenvalue weighted by Crippen LogP contribution is 2.62. The largest absolute Gasteiger partial charge is 0.458 e. The zero-order valence-corrected chi connectivity index (χ0v) is 17.1. The summed E-state index contributed by atoms with van der Waals surface area (Å²) < 4.78 is 83.9. The molecule has 0 radical (unpaired) electrons. The molecular formula is C25H29NO5. The van der Waals surface area contributed by atoms with Crippen molar-refractivity contribution in [3.63, 3.8) is 0 Å². The van der Waals surface area contributed by atoms with Crippen molar-refractivity contribution in [1.29, 1.82) is 0 Å². The van der Waals surface area contributed by atoms with E-state index in [1.54, 1.807) is 6.92 Å². The van der Waals surface area contributed by atoms with Gasteiger partial charge in [-0.15, -0.1) is 0 Å². The molecular weight excluding hydrogens is 394 g/mol. The monoisotopic (exact) mass is 432 g/mol. The fourth-order valence-corrected chi connectivity index (χ4v) is 5.61. The van der Waals surface area contributed by atoms with E-state index in [1.807, 2.05) is 0 Å². The summed E-state index contributed by atoms with van der Waals surface area (Å²) in [5.74, 6) is -6.20. The first-order valence-electron chi connectivity index (χ1n) is 15.0. The molecule has 0 bridgehead atoms. The highest BCUT2D eigenvalue weighted by atomic mass is 16.6. The van der Waals surface area contributed by atoms with Crippen LogP contribution in [-0.4, -0.2) is 22.8 Å². The minimum absolute atomic E-state index is 0.0975. The van der Waals surface area contributed by atoms with Crippen molar-refractivity contribution >= 4 is 17.4 Å². The molecule has 3 saturated carbocycles. The Bertz CT molecular complexity index is 1350. The topological polar surface area (TPSA) is 86.5 Å². The van der Waals surface area contributed by atoms with Crippen LogP contribution in [0.5, 0.6) is 0 Å². The van der Waals surface area contributed by atoms with Crippen LogP contribution in [0.2, 0.25) is 0 Å². The number of rotatable bonds is 3. The van der Waals surface area contributed by atoms with Gasteiger partial charge in [0.25, 0.3) is 5.69 Å². The van der Waals surface area contributed by atoms with Gasteiger partial charge >= 0.3 is 5.97 Å². The number of ketones is 1. The van der Waals surface area contributed by atoms with Crippen molar-refractivity contribution in [2.45, 2.75) is 64.2 Å². The van der Waals surface area contributed by atoms with E-state index >= 15 is 0 Å². The molecule has 0 amide bonds. The van der Waals surface area contributed by atoms with Gasteiger partial charge < -0.3 is 4.74 Å². The fraction of sp³-hybridized carbons (Fsp3) is 0.600. The molecule has 6 nitrogen and oxygen atoms in total. The molecule has 31 heavy (non-hydrogen) atoms. The minimum Gasteiger partial charge on any atom is -0.458 e. The lowest BCUT2D eigenvalue weighted by Crippen LogP contribution is -2.48.